The molecule has 130 valence electrons. The highest BCUT2D eigenvalue weighted by Gasteiger charge is 2.18. The highest BCUT2D eigenvalue weighted by Crippen LogP contribution is 2.39. The molecule has 1 aliphatic heterocycles. The van der Waals surface area contributed by atoms with Gasteiger partial charge in [0.25, 0.3) is 0 Å². The molecule has 1 aromatic rings. The van der Waals surface area contributed by atoms with Gasteiger partial charge in [0, 0.05) is 4.90 Å². The van der Waals surface area contributed by atoms with Crippen LogP contribution >= 0.6 is 11.8 Å². The largest absolute Gasteiger partial charge is 0.298 e. The molecule has 0 saturated carbocycles. The lowest BCUT2D eigenvalue weighted by atomic mass is 9.93. The van der Waals surface area contributed by atoms with Crippen LogP contribution in [0.5, 0.6) is 0 Å². The van der Waals surface area contributed by atoms with E-state index in [4.69, 9.17) is 5.41 Å². The molecule has 0 radical (unpaired) electrons. The third-order valence-electron chi connectivity index (χ3n) is 4.73. The molecule has 0 fully saturated rings. The zero-order chi connectivity index (χ0) is 17.6. The van der Waals surface area contributed by atoms with Crippen molar-refractivity contribution in [1.29, 1.82) is 5.41 Å². The van der Waals surface area contributed by atoms with Crippen LogP contribution < -0.4 is 0 Å². The van der Waals surface area contributed by atoms with E-state index < -0.39 is 0 Å². The van der Waals surface area contributed by atoms with E-state index in [0.717, 1.165) is 43.6 Å². The first-order valence-electron chi connectivity index (χ1n) is 9.32. The summed E-state index contributed by atoms with van der Waals surface area (Å²) in [5.74, 6) is 0. The number of fused-ring (bicyclic) bond motifs is 1. The first-order chi connectivity index (χ1) is 12.2. The van der Waals surface area contributed by atoms with Crippen LogP contribution in [0.3, 0.4) is 0 Å². The Morgan fingerprint density at radius 2 is 2.08 bits per heavy atom. The normalized spacial score (nSPS) is 18.2. The summed E-state index contributed by atoms with van der Waals surface area (Å²) in [6.45, 7) is 4.40. The first-order valence-corrected chi connectivity index (χ1v) is 10.1. The third-order valence-corrected chi connectivity index (χ3v) is 5.87. The van der Waals surface area contributed by atoms with Crippen molar-refractivity contribution in [3.63, 3.8) is 0 Å². The SMILES string of the molecule is CCC=C(C)c1cc(C2=CCCC=CC=C2)cc2c1SC(=N)CCC2. The Morgan fingerprint density at radius 3 is 2.92 bits per heavy atom. The number of allylic oxidation sites excluding steroid dienone is 8. The highest BCUT2D eigenvalue weighted by atomic mass is 32.2. The molecule has 25 heavy (non-hydrogen) atoms. The Labute approximate surface area is 156 Å². The van der Waals surface area contributed by atoms with Crippen LogP contribution in [0, 0.1) is 5.41 Å². The highest BCUT2D eigenvalue weighted by molar-refractivity contribution is 8.14. The van der Waals surface area contributed by atoms with E-state index in [1.165, 1.54) is 32.7 Å². The lowest BCUT2D eigenvalue weighted by molar-refractivity contribution is 0.859. The molecule has 0 spiro atoms. The van der Waals surface area contributed by atoms with Crippen LogP contribution in [-0.2, 0) is 6.42 Å². The van der Waals surface area contributed by atoms with Crippen molar-refractivity contribution in [2.75, 3.05) is 0 Å². The van der Waals surface area contributed by atoms with Crippen LogP contribution in [0.2, 0.25) is 0 Å². The van der Waals surface area contributed by atoms with E-state index in [1.54, 1.807) is 11.8 Å². The lowest BCUT2D eigenvalue weighted by Crippen LogP contribution is -1.97. The van der Waals surface area contributed by atoms with E-state index in [0.29, 0.717) is 0 Å². The van der Waals surface area contributed by atoms with Gasteiger partial charge in [-0.05, 0) is 85.4 Å². The number of hydrogen-bond donors (Lipinski definition) is 1. The molecule has 0 aromatic heterocycles. The standard InChI is InChI=1S/C23H27NS/c1-3-10-17(2)21-16-20(18-11-7-5-4-6-8-12-18)15-19-13-9-14-22(24)25-23(19)21/h4-5,7,10-12,15-16,24H,3,6,8-9,13-14H2,1-2H3. The summed E-state index contributed by atoms with van der Waals surface area (Å²) in [7, 11) is 0. The molecule has 1 N–H and O–H groups in total. The van der Waals surface area contributed by atoms with E-state index in [-0.39, 0.29) is 0 Å². The zero-order valence-corrected chi connectivity index (χ0v) is 16.1. The minimum Gasteiger partial charge on any atom is -0.298 e. The molecular formula is C23H27NS. The molecule has 0 saturated heterocycles. The van der Waals surface area contributed by atoms with Gasteiger partial charge >= 0.3 is 0 Å². The van der Waals surface area contributed by atoms with Gasteiger partial charge in [0.05, 0.1) is 5.04 Å². The van der Waals surface area contributed by atoms with Crippen molar-refractivity contribution in [2.45, 2.75) is 57.3 Å². The molecule has 1 aromatic carbocycles. The molecule has 1 aliphatic carbocycles. The van der Waals surface area contributed by atoms with Crippen molar-refractivity contribution in [3.8, 4) is 0 Å². The summed E-state index contributed by atoms with van der Waals surface area (Å²) in [6, 6.07) is 4.71. The van der Waals surface area contributed by atoms with E-state index >= 15 is 0 Å². The summed E-state index contributed by atoms with van der Waals surface area (Å²) in [4.78, 5) is 1.31. The van der Waals surface area contributed by atoms with Crippen LogP contribution in [0.4, 0.5) is 0 Å². The minimum atomic E-state index is 0.798. The summed E-state index contributed by atoms with van der Waals surface area (Å²) < 4.78 is 0. The number of hydrogen-bond acceptors (Lipinski definition) is 2. The predicted octanol–water partition coefficient (Wildman–Crippen LogP) is 7.20. The molecule has 0 atom stereocenters. The second kappa shape index (κ2) is 8.53. The molecule has 1 nitrogen and oxygen atoms in total. The summed E-state index contributed by atoms with van der Waals surface area (Å²) >= 11 is 1.67. The zero-order valence-electron chi connectivity index (χ0n) is 15.3. The number of rotatable bonds is 3. The number of nitrogens with one attached hydrogen (secondary N) is 1. The van der Waals surface area contributed by atoms with Crippen LogP contribution in [0.15, 0.2) is 53.5 Å². The maximum absolute atomic E-state index is 8.21. The second-order valence-corrected chi connectivity index (χ2v) is 7.82. The smallest absolute Gasteiger partial charge is 0.0689 e. The van der Waals surface area contributed by atoms with Gasteiger partial charge in [-0.25, -0.2) is 0 Å². The summed E-state index contributed by atoms with van der Waals surface area (Å²) in [5, 5.41) is 9.01. The summed E-state index contributed by atoms with van der Waals surface area (Å²) in [6.07, 6.45) is 19.7. The van der Waals surface area contributed by atoms with E-state index in [9.17, 15) is 0 Å². The van der Waals surface area contributed by atoms with Gasteiger partial charge in [-0.1, -0.05) is 55.1 Å². The molecule has 2 aliphatic rings. The number of aryl methyl sites for hydroxylation is 1. The number of benzene rings is 1. The van der Waals surface area contributed by atoms with E-state index in [1.807, 2.05) is 0 Å². The van der Waals surface area contributed by atoms with Crippen molar-refractivity contribution in [1.82, 2.24) is 0 Å². The third kappa shape index (κ3) is 4.43. The maximum Gasteiger partial charge on any atom is 0.0689 e. The Balaban J connectivity index is 2.13. The van der Waals surface area contributed by atoms with Crippen LogP contribution in [0.25, 0.3) is 11.1 Å². The lowest BCUT2D eigenvalue weighted by Gasteiger charge is -2.16. The van der Waals surface area contributed by atoms with Crippen LogP contribution in [-0.4, -0.2) is 5.04 Å². The molecule has 3 rings (SSSR count). The fraction of sp³-hybridized carbons (Fsp3) is 0.348. The van der Waals surface area contributed by atoms with Crippen molar-refractivity contribution < 1.29 is 0 Å². The van der Waals surface area contributed by atoms with Gasteiger partial charge in [0.1, 0.15) is 0 Å². The molecule has 2 heteroatoms. The maximum atomic E-state index is 8.21. The first kappa shape index (κ1) is 18.0. The monoisotopic (exact) mass is 349 g/mol. The second-order valence-electron chi connectivity index (χ2n) is 6.71. The van der Waals surface area contributed by atoms with Gasteiger partial charge in [0.2, 0.25) is 0 Å². The van der Waals surface area contributed by atoms with Crippen molar-refractivity contribution in [3.05, 3.63) is 65.3 Å². The molecule has 0 bridgehead atoms. The van der Waals surface area contributed by atoms with Gasteiger partial charge in [0.15, 0.2) is 0 Å². The van der Waals surface area contributed by atoms with Crippen molar-refractivity contribution >= 4 is 28.0 Å². The quantitative estimate of drug-likeness (QED) is 0.613. The fourth-order valence-electron chi connectivity index (χ4n) is 3.44. The Morgan fingerprint density at radius 1 is 1.20 bits per heavy atom. The Bertz CT molecular complexity index is 778. The van der Waals surface area contributed by atoms with Crippen molar-refractivity contribution in [2.24, 2.45) is 0 Å². The van der Waals surface area contributed by atoms with Gasteiger partial charge in [-0.2, -0.15) is 0 Å². The average molecular weight is 350 g/mol. The number of thioether (sulfide) groups is 1. The molecular weight excluding hydrogens is 322 g/mol. The van der Waals surface area contributed by atoms with E-state index in [2.05, 4.69) is 62.4 Å². The fourth-order valence-corrected chi connectivity index (χ4v) is 4.55. The molecule has 0 unspecified atom stereocenters. The van der Waals surface area contributed by atoms with Gasteiger partial charge in [-0.15, -0.1) is 0 Å². The summed E-state index contributed by atoms with van der Waals surface area (Å²) in [5.41, 5.74) is 6.70. The van der Waals surface area contributed by atoms with Gasteiger partial charge < -0.3 is 0 Å². The predicted molar refractivity (Wildman–Crippen MR) is 112 cm³/mol. The average Bonchev–Trinajstić information content (AvgIpc) is 2.74. The minimum absolute atomic E-state index is 0.798. The van der Waals surface area contributed by atoms with Crippen LogP contribution in [0.1, 0.15) is 62.6 Å². The molecule has 0 amide bonds. The van der Waals surface area contributed by atoms with Gasteiger partial charge in [-0.3, -0.25) is 5.41 Å². The molecule has 1 heterocycles. The Hall–Kier alpha value is -1.80. The topological polar surface area (TPSA) is 23.9 Å². The Kier molecular flexibility index (Phi) is 6.14.